The number of hydrogen-bond donors (Lipinski definition) is 2. The molecular weight excluding hydrogens is 308 g/mol. The van der Waals surface area contributed by atoms with Crippen molar-refractivity contribution in [2.45, 2.75) is 32.5 Å². The van der Waals surface area contributed by atoms with E-state index in [1.807, 2.05) is 12.1 Å². The van der Waals surface area contributed by atoms with Gasteiger partial charge in [-0.15, -0.1) is 0 Å². The lowest BCUT2D eigenvalue weighted by Crippen LogP contribution is -2.90. The number of aliphatic hydroxyl groups is 1. The van der Waals surface area contributed by atoms with Crippen LogP contribution in [0.1, 0.15) is 13.8 Å². The minimum absolute atomic E-state index is 0.389. The number of rotatable bonds is 7. The van der Waals surface area contributed by atoms with Crippen molar-refractivity contribution in [2.75, 3.05) is 6.54 Å². The molecule has 0 radical (unpaired) electrons. The van der Waals surface area contributed by atoms with Gasteiger partial charge in [0.2, 0.25) is 0 Å². The quantitative estimate of drug-likeness (QED) is 0.684. The van der Waals surface area contributed by atoms with Crippen molar-refractivity contribution < 1.29 is 10.4 Å². The minimum atomic E-state index is -0.389. The second kappa shape index (κ2) is 8.15. The molecule has 1 aromatic heterocycles. The number of aliphatic hydroxyl groups excluding tert-OH is 1. The van der Waals surface area contributed by atoms with Gasteiger partial charge >= 0.3 is 0 Å². The van der Waals surface area contributed by atoms with Crippen LogP contribution >= 0.6 is 0 Å². The van der Waals surface area contributed by atoms with E-state index < -0.39 is 0 Å². The monoisotopic (exact) mass is 335 g/mol. The molecule has 3 N–H and O–H groups in total. The van der Waals surface area contributed by atoms with Crippen LogP contribution in [0, 0.1) is 0 Å². The molecule has 3 rings (SSSR count). The molecule has 3 nitrogen and oxygen atoms in total. The van der Waals surface area contributed by atoms with Gasteiger partial charge < -0.3 is 15.0 Å². The summed E-state index contributed by atoms with van der Waals surface area (Å²) >= 11 is 0. The highest BCUT2D eigenvalue weighted by atomic mass is 16.3. The molecule has 130 valence electrons. The molecular formula is C22H27N2O+. The number of benzene rings is 2. The Hall–Kier alpha value is -2.36. The van der Waals surface area contributed by atoms with Gasteiger partial charge in [-0.05, 0) is 37.1 Å². The van der Waals surface area contributed by atoms with Crippen LogP contribution in [-0.4, -0.2) is 28.4 Å². The Morgan fingerprint density at radius 2 is 1.28 bits per heavy atom. The van der Waals surface area contributed by atoms with E-state index in [1.54, 1.807) is 0 Å². The van der Waals surface area contributed by atoms with E-state index in [1.165, 1.54) is 11.1 Å². The van der Waals surface area contributed by atoms with Crippen LogP contribution in [0.5, 0.6) is 0 Å². The van der Waals surface area contributed by atoms with Gasteiger partial charge in [-0.2, -0.15) is 0 Å². The van der Waals surface area contributed by atoms with Crippen LogP contribution in [-0.2, 0) is 6.54 Å². The summed E-state index contributed by atoms with van der Waals surface area (Å²) in [5, 5.41) is 12.7. The van der Waals surface area contributed by atoms with Gasteiger partial charge in [0.15, 0.2) is 0 Å². The van der Waals surface area contributed by atoms with Gasteiger partial charge in [-0.3, -0.25) is 0 Å². The molecule has 0 spiro atoms. The van der Waals surface area contributed by atoms with Gasteiger partial charge in [0, 0.05) is 11.4 Å². The number of nitrogens with zero attached hydrogens (tertiary/aromatic N) is 1. The Labute approximate surface area is 149 Å². The predicted molar refractivity (Wildman–Crippen MR) is 103 cm³/mol. The average Bonchev–Trinajstić information content (AvgIpc) is 3.05. The lowest BCUT2D eigenvalue weighted by atomic mass is 10.1. The van der Waals surface area contributed by atoms with Crippen LogP contribution in [0.2, 0.25) is 0 Å². The molecule has 0 aliphatic carbocycles. The fourth-order valence-electron chi connectivity index (χ4n) is 3.10. The van der Waals surface area contributed by atoms with E-state index in [0.29, 0.717) is 19.1 Å². The van der Waals surface area contributed by atoms with E-state index in [-0.39, 0.29) is 6.10 Å². The fraction of sp³-hybridized carbons (Fsp3) is 0.273. The van der Waals surface area contributed by atoms with Gasteiger partial charge in [0.1, 0.15) is 12.6 Å². The topological polar surface area (TPSA) is 41.8 Å². The first-order valence-corrected chi connectivity index (χ1v) is 8.97. The van der Waals surface area contributed by atoms with Crippen molar-refractivity contribution in [1.29, 1.82) is 0 Å². The second-order valence-corrected chi connectivity index (χ2v) is 6.82. The van der Waals surface area contributed by atoms with Crippen molar-refractivity contribution in [3.8, 4) is 22.5 Å². The summed E-state index contributed by atoms with van der Waals surface area (Å²) in [4.78, 5) is 0. The molecule has 0 amide bonds. The SMILES string of the molecule is CC(C)[NH2+]C[C@H](O)Cn1c(-c2ccccc2)ccc1-c1ccccc1. The standard InChI is InChI=1S/C22H26N2O/c1-17(2)23-15-20(25)16-24-21(18-9-5-3-6-10-18)13-14-22(24)19-11-7-4-8-12-19/h3-14,17,20,23,25H,15-16H2,1-2H3/p+1/t20-/m0/s1. The zero-order chi connectivity index (χ0) is 17.6. The molecule has 0 fully saturated rings. The van der Waals surface area contributed by atoms with Crippen molar-refractivity contribution in [2.24, 2.45) is 0 Å². The highest BCUT2D eigenvalue weighted by Gasteiger charge is 2.16. The smallest absolute Gasteiger partial charge is 0.121 e. The third-order valence-corrected chi connectivity index (χ3v) is 4.39. The highest BCUT2D eigenvalue weighted by molar-refractivity contribution is 5.69. The first-order chi connectivity index (χ1) is 12.1. The molecule has 3 heteroatoms. The Morgan fingerprint density at radius 1 is 0.800 bits per heavy atom. The van der Waals surface area contributed by atoms with Crippen LogP contribution in [0.3, 0.4) is 0 Å². The summed E-state index contributed by atoms with van der Waals surface area (Å²) < 4.78 is 2.24. The summed E-state index contributed by atoms with van der Waals surface area (Å²) in [6, 6.07) is 25.5. The summed E-state index contributed by atoms with van der Waals surface area (Å²) in [5.41, 5.74) is 4.63. The molecule has 25 heavy (non-hydrogen) atoms. The number of nitrogens with two attached hydrogens (primary N) is 1. The largest absolute Gasteiger partial charge is 0.385 e. The summed E-state index contributed by atoms with van der Waals surface area (Å²) in [7, 11) is 0. The molecule has 0 bridgehead atoms. The Morgan fingerprint density at radius 3 is 1.72 bits per heavy atom. The van der Waals surface area contributed by atoms with Gasteiger partial charge in [0.25, 0.3) is 0 Å². The van der Waals surface area contributed by atoms with Crippen LogP contribution in [0.15, 0.2) is 72.8 Å². The van der Waals surface area contributed by atoms with Crippen molar-refractivity contribution in [3.05, 3.63) is 72.8 Å². The summed E-state index contributed by atoms with van der Waals surface area (Å²) in [6.07, 6.45) is -0.389. The van der Waals surface area contributed by atoms with E-state index in [2.05, 4.69) is 84.4 Å². The molecule has 0 saturated carbocycles. The maximum atomic E-state index is 10.6. The minimum Gasteiger partial charge on any atom is -0.385 e. The first kappa shape index (κ1) is 17.5. The summed E-state index contributed by atoms with van der Waals surface area (Å²) in [6.45, 7) is 5.59. The van der Waals surface area contributed by atoms with Crippen molar-refractivity contribution >= 4 is 0 Å². The van der Waals surface area contributed by atoms with Crippen LogP contribution < -0.4 is 5.32 Å². The molecule has 1 atom stereocenters. The van der Waals surface area contributed by atoms with Crippen molar-refractivity contribution in [1.82, 2.24) is 4.57 Å². The second-order valence-electron chi connectivity index (χ2n) is 6.82. The Balaban J connectivity index is 1.95. The lowest BCUT2D eigenvalue weighted by Gasteiger charge is -2.18. The maximum Gasteiger partial charge on any atom is 0.121 e. The summed E-state index contributed by atoms with van der Waals surface area (Å²) in [5.74, 6) is 0. The number of hydrogen-bond acceptors (Lipinski definition) is 1. The van der Waals surface area contributed by atoms with Crippen molar-refractivity contribution in [3.63, 3.8) is 0 Å². The number of aromatic nitrogens is 1. The molecule has 1 heterocycles. The molecule has 0 aliphatic heterocycles. The fourth-order valence-corrected chi connectivity index (χ4v) is 3.10. The van der Waals surface area contributed by atoms with Gasteiger partial charge in [-0.25, -0.2) is 0 Å². The molecule has 0 aliphatic rings. The number of quaternary nitrogens is 1. The van der Waals surface area contributed by atoms with E-state index in [9.17, 15) is 5.11 Å². The molecule has 0 unspecified atom stereocenters. The Bertz CT molecular complexity index is 721. The third-order valence-electron chi connectivity index (χ3n) is 4.39. The predicted octanol–water partition coefficient (Wildman–Crippen LogP) is 3.15. The van der Waals surface area contributed by atoms with Crippen LogP contribution in [0.4, 0.5) is 0 Å². The maximum absolute atomic E-state index is 10.6. The lowest BCUT2D eigenvalue weighted by molar-refractivity contribution is -0.688. The zero-order valence-corrected chi connectivity index (χ0v) is 15.0. The third kappa shape index (κ3) is 4.38. The molecule has 3 aromatic rings. The first-order valence-electron chi connectivity index (χ1n) is 8.97. The average molecular weight is 335 g/mol. The normalized spacial score (nSPS) is 12.5. The van der Waals surface area contributed by atoms with Gasteiger partial charge in [0.05, 0.1) is 12.6 Å². The van der Waals surface area contributed by atoms with Crippen LogP contribution in [0.25, 0.3) is 22.5 Å². The Kier molecular flexibility index (Phi) is 5.69. The van der Waals surface area contributed by atoms with E-state index in [0.717, 1.165) is 11.4 Å². The van der Waals surface area contributed by atoms with Gasteiger partial charge in [-0.1, -0.05) is 60.7 Å². The highest BCUT2D eigenvalue weighted by Crippen LogP contribution is 2.29. The van der Waals surface area contributed by atoms with E-state index in [4.69, 9.17) is 0 Å². The molecule has 0 saturated heterocycles. The van der Waals surface area contributed by atoms with E-state index >= 15 is 0 Å². The molecule has 2 aromatic carbocycles. The zero-order valence-electron chi connectivity index (χ0n) is 15.0.